The molecule has 7 rings (SSSR count). The highest BCUT2D eigenvalue weighted by atomic mass is 16.3. The lowest BCUT2D eigenvalue weighted by Crippen LogP contribution is -1.95. The summed E-state index contributed by atoms with van der Waals surface area (Å²) in [7, 11) is 0. The van der Waals surface area contributed by atoms with E-state index < -0.39 is 0 Å². The highest BCUT2D eigenvalue weighted by molar-refractivity contribution is 6.05. The predicted molar refractivity (Wildman–Crippen MR) is 141 cm³/mol. The van der Waals surface area contributed by atoms with E-state index >= 15 is 0 Å². The van der Waals surface area contributed by atoms with Gasteiger partial charge in [0.05, 0.1) is 22.4 Å². The molecule has 0 atom stereocenters. The first-order chi connectivity index (χ1) is 17.3. The molecule has 0 unspecified atom stereocenters. The largest absolute Gasteiger partial charge is 0.436 e. The number of nitrogens with zero attached hydrogens (tertiary/aromatic N) is 3. The van der Waals surface area contributed by atoms with Gasteiger partial charge in [-0.15, -0.1) is 0 Å². The second-order valence-electron chi connectivity index (χ2n) is 8.51. The van der Waals surface area contributed by atoms with E-state index in [4.69, 9.17) is 19.4 Å². The fourth-order valence-corrected chi connectivity index (χ4v) is 4.57. The van der Waals surface area contributed by atoms with Crippen molar-refractivity contribution in [2.24, 2.45) is 0 Å². The van der Waals surface area contributed by atoms with Crippen LogP contribution < -0.4 is 0 Å². The summed E-state index contributed by atoms with van der Waals surface area (Å²) < 4.78 is 6.07. The van der Waals surface area contributed by atoms with Gasteiger partial charge in [0.1, 0.15) is 5.52 Å². The van der Waals surface area contributed by atoms with Gasteiger partial charge in [-0.2, -0.15) is 0 Å². The summed E-state index contributed by atoms with van der Waals surface area (Å²) in [6, 6.07) is 38.7. The van der Waals surface area contributed by atoms with Crippen LogP contribution in [0.3, 0.4) is 0 Å². The average Bonchev–Trinajstić information content (AvgIpc) is 3.38. The maximum absolute atomic E-state index is 6.07. The lowest BCUT2D eigenvalue weighted by molar-refractivity contribution is 0.620. The minimum Gasteiger partial charge on any atom is -0.436 e. The van der Waals surface area contributed by atoms with Crippen LogP contribution in [0, 0.1) is 0 Å². The van der Waals surface area contributed by atoms with E-state index in [1.54, 1.807) is 0 Å². The Balaban J connectivity index is 1.42. The number of aromatic nitrogens is 3. The monoisotopic (exact) mass is 449 g/mol. The van der Waals surface area contributed by atoms with Gasteiger partial charge in [0.15, 0.2) is 5.58 Å². The molecular weight excluding hydrogens is 430 g/mol. The maximum atomic E-state index is 6.07. The zero-order valence-electron chi connectivity index (χ0n) is 18.7. The Bertz CT molecular complexity index is 1840. The van der Waals surface area contributed by atoms with Gasteiger partial charge in [0, 0.05) is 22.1 Å². The van der Waals surface area contributed by atoms with E-state index in [2.05, 4.69) is 36.4 Å². The quantitative estimate of drug-likeness (QED) is 0.275. The van der Waals surface area contributed by atoms with E-state index in [0.717, 1.165) is 61.0 Å². The number of hydrogen-bond acceptors (Lipinski definition) is 4. The van der Waals surface area contributed by atoms with Gasteiger partial charge in [-0.25, -0.2) is 15.0 Å². The van der Waals surface area contributed by atoms with Crippen LogP contribution in [0.5, 0.6) is 0 Å². The number of para-hydroxylation sites is 2. The lowest BCUT2D eigenvalue weighted by Gasteiger charge is -2.11. The second-order valence-corrected chi connectivity index (χ2v) is 8.51. The summed E-state index contributed by atoms with van der Waals surface area (Å²) >= 11 is 0. The summed E-state index contributed by atoms with van der Waals surface area (Å²) in [5, 5.41) is 2.13. The van der Waals surface area contributed by atoms with E-state index in [1.165, 1.54) is 0 Å². The van der Waals surface area contributed by atoms with Crippen molar-refractivity contribution in [2.75, 3.05) is 0 Å². The molecule has 0 bridgehead atoms. The Morgan fingerprint density at radius 3 is 1.83 bits per heavy atom. The standard InChI is InChI=1S/C31H19N3O/c1-3-9-20(10-4-1)28-29(33-26-14-8-7-13-25(26)32-28)23-15-17-24-22(19-23)16-18-27-30(24)34-31(35-27)21-11-5-2-6-12-21/h1-19H. The normalized spacial score (nSPS) is 11.4. The molecule has 0 spiro atoms. The molecule has 4 heteroatoms. The first-order valence-electron chi connectivity index (χ1n) is 11.5. The van der Waals surface area contributed by atoms with Gasteiger partial charge in [0.25, 0.3) is 0 Å². The number of fused-ring (bicyclic) bond motifs is 4. The average molecular weight is 450 g/mol. The fraction of sp³-hybridized carbons (Fsp3) is 0. The van der Waals surface area contributed by atoms with E-state index in [9.17, 15) is 0 Å². The third kappa shape index (κ3) is 3.35. The SMILES string of the molecule is c1ccc(-c2nc3c(ccc4cc(-c5nc6ccccc6nc5-c5ccccc5)ccc43)o2)cc1. The molecule has 0 radical (unpaired) electrons. The number of oxazole rings is 1. The molecule has 2 aromatic heterocycles. The van der Waals surface area contributed by atoms with Crippen LogP contribution in [0.2, 0.25) is 0 Å². The number of benzene rings is 5. The maximum Gasteiger partial charge on any atom is 0.227 e. The number of hydrogen-bond donors (Lipinski definition) is 0. The van der Waals surface area contributed by atoms with Crippen molar-refractivity contribution in [2.45, 2.75) is 0 Å². The van der Waals surface area contributed by atoms with Gasteiger partial charge in [0.2, 0.25) is 5.89 Å². The van der Waals surface area contributed by atoms with Crippen LogP contribution in [0.4, 0.5) is 0 Å². The molecule has 0 saturated carbocycles. The van der Waals surface area contributed by atoms with Crippen molar-refractivity contribution in [3.8, 4) is 34.0 Å². The molecule has 2 heterocycles. The molecule has 164 valence electrons. The summed E-state index contributed by atoms with van der Waals surface area (Å²) in [6.07, 6.45) is 0. The molecular formula is C31H19N3O. The first-order valence-corrected chi connectivity index (χ1v) is 11.5. The van der Waals surface area contributed by atoms with Crippen LogP contribution in [-0.4, -0.2) is 15.0 Å². The molecule has 0 saturated heterocycles. The zero-order valence-corrected chi connectivity index (χ0v) is 18.7. The van der Waals surface area contributed by atoms with Crippen LogP contribution in [0.15, 0.2) is 120 Å². The molecule has 0 amide bonds. The third-order valence-electron chi connectivity index (χ3n) is 6.29. The molecule has 0 aliphatic rings. The minimum absolute atomic E-state index is 0.629. The smallest absolute Gasteiger partial charge is 0.227 e. The minimum atomic E-state index is 0.629. The highest BCUT2D eigenvalue weighted by Crippen LogP contribution is 2.35. The van der Waals surface area contributed by atoms with E-state index in [0.29, 0.717) is 5.89 Å². The molecule has 5 aromatic carbocycles. The Morgan fingerprint density at radius 2 is 1.11 bits per heavy atom. The van der Waals surface area contributed by atoms with Crippen molar-refractivity contribution in [1.82, 2.24) is 15.0 Å². The fourth-order valence-electron chi connectivity index (χ4n) is 4.57. The third-order valence-corrected chi connectivity index (χ3v) is 6.29. The Hall–Kier alpha value is -4.83. The van der Waals surface area contributed by atoms with E-state index in [1.807, 2.05) is 78.9 Å². The van der Waals surface area contributed by atoms with Gasteiger partial charge in [-0.05, 0) is 41.8 Å². The van der Waals surface area contributed by atoms with E-state index in [-0.39, 0.29) is 0 Å². The van der Waals surface area contributed by atoms with Crippen LogP contribution in [0.25, 0.3) is 66.9 Å². The van der Waals surface area contributed by atoms with Gasteiger partial charge < -0.3 is 4.42 Å². The van der Waals surface area contributed by atoms with Crippen molar-refractivity contribution in [1.29, 1.82) is 0 Å². The molecule has 0 aliphatic heterocycles. The summed E-state index contributed by atoms with van der Waals surface area (Å²) in [6.45, 7) is 0. The zero-order chi connectivity index (χ0) is 23.2. The summed E-state index contributed by atoms with van der Waals surface area (Å²) in [5.41, 5.74) is 8.16. The first kappa shape index (κ1) is 19.6. The lowest BCUT2D eigenvalue weighted by atomic mass is 10.00. The molecule has 0 N–H and O–H groups in total. The molecule has 4 nitrogen and oxygen atoms in total. The van der Waals surface area contributed by atoms with Crippen molar-refractivity contribution in [3.63, 3.8) is 0 Å². The summed E-state index contributed by atoms with van der Waals surface area (Å²) in [4.78, 5) is 14.9. The van der Waals surface area contributed by atoms with Gasteiger partial charge >= 0.3 is 0 Å². The van der Waals surface area contributed by atoms with Crippen molar-refractivity contribution in [3.05, 3.63) is 115 Å². The Labute approximate surface area is 201 Å². The molecule has 7 aromatic rings. The summed E-state index contributed by atoms with van der Waals surface area (Å²) in [5.74, 6) is 0.629. The van der Waals surface area contributed by atoms with Crippen LogP contribution in [0.1, 0.15) is 0 Å². The van der Waals surface area contributed by atoms with Crippen LogP contribution in [-0.2, 0) is 0 Å². The molecule has 0 fully saturated rings. The predicted octanol–water partition coefficient (Wildman–Crippen LogP) is 7.93. The topological polar surface area (TPSA) is 51.8 Å². The van der Waals surface area contributed by atoms with Crippen molar-refractivity contribution >= 4 is 32.9 Å². The van der Waals surface area contributed by atoms with Gasteiger partial charge in [-0.3, -0.25) is 0 Å². The van der Waals surface area contributed by atoms with Crippen molar-refractivity contribution < 1.29 is 4.42 Å². The molecule has 35 heavy (non-hydrogen) atoms. The Morgan fingerprint density at radius 1 is 0.486 bits per heavy atom. The number of rotatable bonds is 3. The van der Waals surface area contributed by atoms with Crippen LogP contribution >= 0.6 is 0 Å². The van der Waals surface area contributed by atoms with Gasteiger partial charge in [-0.1, -0.05) is 78.9 Å². The molecule has 0 aliphatic carbocycles. The second kappa shape index (κ2) is 7.89. The Kier molecular flexibility index (Phi) is 4.42. The highest BCUT2D eigenvalue weighted by Gasteiger charge is 2.15.